The van der Waals surface area contributed by atoms with Crippen molar-refractivity contribution in [3.63, 3.8) is 0 Å². The van der Waals surface area contributed by atoms with Crippen molar-refractivity contribution in [1.29, 1.82) is 0 Å². The monoisotopic (exact) mass is 293 g/mol. The number of rotatable bonds is 7. The number of ether oxygens (including phenoxy) is 1. The molecule has 5 nitrogen and oxygen atoms in total. The molecule has 1 aromatic carbocycles. The van der Waals surface area contributed by atoms with E-state index in [1.807, 2.05) is 12.1 Å². The molecule has 0 fully saturated rings. The maximum Gasteiger partial charge on any atom is 0.310 e. The maximum atomic E-state index is 12.5. The molecule has 0 aliphatic carbocycles. The van der Waals surface area contributed by atoms with Crippen LogP contribution < -0.4 is 9.64 Å². The number of carbonyl (C=O) groups is 2. The maximum absolute atomic E-state index is 12.5. The Kier molecular flexibility index (Phi) is 5.76. The van der Waals surface area contributed by atoms with Gasteiger partial charge in [-0.2, -0.15) is 0 Å². The van der Waals surface area contributed by atoms with E-state index in [0.717, 1.165) is 0 Å². The minimum atomic E-state index is -1.01. The van der Waals surface area contributed by atoms with E-state index in [1.54, 1.807) is 33.0 Å². The Balaban J connectivity index is 3.00. The van der Waals surface area contributed by atoms with Crippen molar-refractivity contribution >= 4 is 17.6 Å². The molecule has 1 aromatic rings. The quantitative estimate of drug-likeness (QED) is 0.839. The van der Waals surface area contributed by atoms with Gasteiger partial charge in [-0.25, -0.2) is 0 Å². The molecule has 0 saturated heterocycles. The van der Waals surface area contributed by atoms with E-state index in [0.29, 0.717) is 24.3 Å². The molecule has 21 heavy (non-hydrogen) atoms. The summed E-state index contributed by atoms with van der Waals surface area (Å²) in [7, 11) is 3.18. The van der Waals surface area contributed by atoms with Crippen molar-refractivity contribution < 1.29 is 19.4 Å². The molecule has 0 heterocycles. The number of carboxylic acids is 1. The molecule has 0 radical (unpaired) electrons. The van der Waals surface area contributed by atoms with Crippen molar-refractivity contribution in [3.8, 4) is 5.75 Å². The number of methoxy groups -OCH3 is 1. The zero-order valence-electron chi connectivity index (χ0n) is 13.0. The topological polar surface area (TPSA) is 66.8 Å². The molecule has 0 aliphatic rings. The summed E-state index contributed by atoms with van der Waals surface area (Å²) in [6.07, 6.45) is 0.818. The molecule has 0 bridgehead atoms. The number of para-hydroxylation sites is 2. The molecule has 0 spiro atoms. The third-order valence-corrected chi connectivity index (χ3v) is 4.12. The summed E-state index contributed by atoms with van der Waals surface area (Å²) in [5, 5.41) is 9.43. The third kappa shape index (κ3) is 3.54. The lowest BCUT2D eigenvalue weighted by molar-refractivity contribution is -0.152. The molecular weight excluding hydrogens is 270 g/mol. The Morgan fingerprint density at radius 2 is 1.81 bits per heavy atom. The first kappa shape index (κ1) is 17.0. The van der Waals surface area contributed by atoms with Gasteiger partial charge >= 0.3 is 5.97 Å². The van der Waals surface area contributed by atoms with Gasteiger partial charge in [-0.15, -0.1) is 0 Å². The molecule has 0 aliphatic heterocycles. The smallest absolute Gasteiger partial charge is 0.310 e. The van der Waals surface area contributed by atoms with Crippen LogP contribution in [0.3, 0.4) is 0 Å². The van der Waals surface area contributed by atoms with E-state index < -0.39 is 11.4 Å². The lowest BCUT2D eigenvalue weighted by Crippen LogP contribution is -2.38. The van der Waals surface area contributed by atoms with Crippen LogP contribution in [0.25, 0.3) is 0 Å². The van der Waals surface area contributed by atoms with Gasteiger partial charge in [-0.1, -0.05) is 26.0 Å². The largest absolute Gasteiger partial charge is 0.495 e. The van der Waals surface area contributed by atoms with Gasteiger partial charge in [0.15, 0.2) is 0 Å². The van der Waals surface area contributed by atoms with E-state index in [9.17, 15) is 14.7 Å². The number of anilines is 1. The van der Waals surface area contributed by atoms with Crippen LogP contribution in [-0.4, -0.2) is 31.1 Å². The molecule has 5 heteroatoms. The standard InChI is InChI=1S/C16H23NO4/c1-5-16(6-2,15(19)20)11-14(18)17(3)12-9-7-8-10-13(12)21-4/h7-10H,5-6,11H2,1-4H3,(H,19,20). The second-order valence-electron chi connectivity index (χ2n) is 5.09. The number of benzene rings is 1. The molecule has 0 unspecified atom stereocenters. The normalized spacial score (nSPS) is 11.0. The fourth-order valence-electron chi connectivity index (χ4n) is 2.33. The van der Waals surface area contributed by atoms with E-state index in [2.05, 4.69) is 0 Å². The summed E-state index contributed by atoms with van der Waals surface area (Å²) in [6.45, 7) is 3.60. The average Bonchev–Trinajstić information content (AvgIpc) is 2.51. The minimum Gasteiger partial charge on any atom is -0.495 e. The van der Waals surface area contributed by atoms with E-state index in [-0.39, 0.29) is 12.3 Å². The highest BCUT2D eigenvalue weighted by molar-refractivity contribution is 5.97. The molecule has 0 saturated carbocycles. The van der Waals surface area contributed by atoms with Crippen LogP contribution >= 0.6 is 0 Å². The number of carbonyl (C=O) groups excluding carboxylic acids is 1. The van der Waals surface area contributed by atoms with Crippen LogP contribution in [0.15, 0.2) is 24.3 Å². The highest BCUT2D eigenvalue weighted by atomic mass is 16.5. The summed E-state index contributed by atoms with van der Waals surface area (Å²) < 4.78 is 5.24. The Morgan fingerprint density at radius 1 is 1.24 bits per heavy atom. The van der Waals surface area contributed by atoms with Crippen LogP contribution in [0, 0.1) is 5.41 Å². The lowest BCUT2D eigenvalue weighted by atomic mass is 9.79. The predicted octanol–water partition coefficient (Wildman–Crippen LogP) is 2.94. The second-order valence-corrected chi connectivity index (χ2v) is 5.09. The van der Waals surface area contributed by atoms with E-state index in [4.69, 9.17) is 4.74 Å². The molecule has 1 rings (SSSR count). The Bertz CT molecular complexity index is 509. The van der Waals surface area contributed by atoms with Crippen LogP contribution in [0.4, 0.5) is 5.69 Å². The molecular formula is C16H23NO4. The van der Waals surface area contributed by atoms with Gasteiger partial charge in [0.25, 0.3) is 0 Å². The number of aliphatic carboxylic acids is 1. The van der Waals surface area contributed by atoms with Gasteiger partial charge < -0.3 is 14.7 Å². The highest BCUT2D eigenvalue weighted by Crippen LogP contribution is 2.34. The van der Waals surface area contributed by atoms with E-state index in [1.165, 1.54) is 12.0 Å². The summed E-state index contributed by atoms with van der Waals surface area (Å²) in [6, 6.07) is 7.17. The van der Waals surface area contributed by atoms with Gasteiger partial charge in [0.2, 0.25) is 5.91 Å². The summed E-state index contributed by atoms with van der Waals surface area (Å²) in [4.78, 5) is 25.4. The summed E-state index contributed by atoms with van der Waals surface area (Å²) in [5.74, 6) is -0.567. The van der Waals surface area contributed by atoms with Crippen molar-refractivity contribution in [2.75, 3.05) is 19.1 Å². The first-order valence-corrected chi connectivity index (χ1v) is 7.04. The molecule has 1 N–H and O–H groups in total. The van der Waals surface area contributed by atoms with Crippen LogP contribution in [-0.2, 0) is 9.59 Å². The zero-order valence-corrected chi connectivity index (χ0v) is 13.0. The summed E-state index contributed by atoms with van der Waals surface area (Å²) in [5.41, 5.74) is -0.371. The van der Waals surface area contributed by atoms with Gasteiger partial charge in [-0.05, 0) is 25.0 Å². The number of amides is 1. The number of nitrogens with zero attached hydrogens (tertiary/aromatic N) is 1. The van der Waals surface area contributed by atoms with Crippen molar-refractivity contribution in [3.05, 3.63) is 24.3 Å². The van der Waals surface area contributed by atoms with Gasteiger partial charge in [0.1, 0.15) is 5.75 Å². The first-order chi connectivity index (χ1) is 9.91. The van der Waals surface area contributed by atoms with Crippen molar-refractivity contribution in [2.24, 2.45) is 5.41 Å². The number of hydrogen-bond acceptors (Lipinski definition) is 3. The number of carboxylic acid groups (broad SMARTS) is 1. The SMILES string of the molecule is CCC(CC)(CC(=O)N(C)c1ccccc1OC)C(=O)O. The Morgan fingerprint density at radius 3 is 2.29 bits per heavy atom. The first-order valence-electron chi connectivity index (χ1n) is 7.04. The molecule has 0 atom stereocenters. The predicted molar refractivity (Wildman–Crippen MR) is 81.7 cm³/mol. The lowest BCUT2D eigenvalue weighted by Gasteiger charge is -2.29. The van der Waals surface area contributed by atoms with E-state index >= 15 is 0 Å². The molecule has 0 aromatic heterocycles. The second kappa shape index (κ2) is 7.11. The third-order valence-electron chi connectivity index (χ3n) is 4.12. The van der Waals surface area contributed by atoms with Gasteiger partial charge in [0.05, 0.1) is 18.2 Å². The Labute approximate surface area is 125 Å². The molecule has 1 amide bonds. The minimum absolute atomic E-state index is 0.0239. The fourth-order valence-corrected chi connectivity index (χ4v) is 2.33. The summed E-state index contributed by atoms with van der Waals surface area (Å²) >= 11 is 0. The van der Waals surface area contributed by atoms with Crippen LogP contribution in [0.5, 0.6) is 5.75 Å². The van der Waals surface area contributed by atoms with Crippen molar-refractivity contribution in [2.45, 2.75) is 33.1 Å². The average molecular weight is 293 g/mol. The highest BCUT2D eigenvalue weighted by Gasteiger charge is 2.38. The van der Waals surface area contributed by atoms with Gasteiger partial charge in [-0.3, -0.25) is 9.59 Å². The number of hydrogen-bond donors (Lipinski definition) is 1. The fraction of sp³-hybridized carbons (Fsp3) is 0.500. The molecule has 116 valence electrons. The van der Waals surface area contributed by atoms with Crippen molar-refractivity contribution in [1.82, 2.24) is 0 Å². The zero-order chi connectivity index (χ0) is 16.0. The van der Waals surface area contributed by atoms with Crippen LogP contribution in [0.1, 0.15) is 33.1 Å². The Hall–Kier alpha value is -2.04. The van der Waals surface area contributed by atoms with Crippen LogP contribution in [0.2, 0.25) is 0 Å². The van der Waals surface area contributed by atoms with Gasteiger partial charge in [0, 0.05) is 13.5 Å².